The second kappa shape index (κ2) is 4.98. The molecule has 2 aromatic carbocycles. The number of nitrogens with one attached hydrogen (secondary N) is 1. The zero-order valence-corrected chi connectivity index (χ0v) is 10.8. The number of benzene rings is 2. The Hall–Kier alpha value is -2.33. The summed E-state index contributed by atoms with van der Waals surface area (Å²) in [6.07, 6.45) is -0.0742. The van der Waals surface area contributed by atoms with Crippen LogP contribution < -0.4 is 5.32 Å². The van der Waals surface area contributed by atoms with Crippen molar-refractivity contribution >= 4 is 5.91 Å². The first-order valence-electron chi connectivity index (χ1n) is 6.51. The van der Waals surface area contributed by atoms with Gasteiger partial charge in [0, 0.05) is 12.0 Å². The first kappa shape index (κ1) is 12.7. The molecule has 0 radical (unpaired) electrons. The number of hydrogen-bond acceptors (Lipinski definition) is 3. The Bertz CT molecular complexity index is 654. The highest BCUT2D eigenvalue weighted by molar-refractivity contribution is 5.94. The van der Waals surface area contributed by atoms with E-state index in [1.54, 1.807) is 12.1 Å². The maximum atomic E-state index is 12.2. The Kier molecular flexibility index (Phi) is 3.16. The predicted molar refractivity (Wildman–Crippen MR) is 74.5 cm³/mol. The highest BCUT2D eigenvalue weighted by atomic mass is 16.3. The monoisotopic (exact) mass is 269 g/mol. The number of aromatic hydroxyl groups is 1. The summed E-state index contributed by atoms with van der Waals surface area (Å²) in [4.78, 5) is 12.2. The lowest BCUT2D eigenvalue weighted by Gasteiger charge is -2.18. The highest BCUT2D eigenvalue weighted by Crippen LogP contribution is 2.31. The summed E-state index contributed by atoms with van der Waals surface area (Å²) in [6.45, 7) is 0. The van der Waals surface area contributed by atoms with Crippen LogP contribution >= 0.6 is 0 Å². The second-order valence-corrected chi connectivity index (χ2v) is 4.97. The zero-order valence-electron chi connectivity index (χ0n) is 10.8. The lowest BCUT2D eigenvalue weighted by molar-refractivity contribution is 0.0858. The van der Waals surface area contributed by atoms with E-state index in [2.05, 4.69) is 5.32 Å². The Labute approximate surface area is 116 Å². The Morgan fingerprint density at radius 3 is 2.75 bits per heavy atom. The molecule has 1 aliphatic rings. The van der Waals surface area contributed by atoms with Crippen LogP contribution in [0.15, 0.2) is 48.5 Å². The van der Waals surface area contributed by atoms with E-state index in [-0.39, 0.29) is 11.7 Å². The van der Waals surface area contributed by atoms with Gasteiger partial charge in [0.1, 0.15) is 5.75 Å². The molecule has 0 aliphatic heterocycles. The topological polar surface area (TPSA) is 69.6 Å². The van der Waals surface area contributed by atoms with Gasteiger partial charge in [-0.25, -0.2) is 0 Å². The maximum Gasteiger partial charge on any atom is 0.251 e. The van der Waals surface area contributed by atoms with Gasteiger partial charge in [-0.05, 0) is 29.3 Å². The number of fused-ring (bicyclic) bond motifs is 1. The molecule has 2 atom stereocenters. The zero-order chi connectivity index (χ0) is 14.1. The van der Waals surface area contributed by atoms with E-state index in [4.69, 9.17) is 0 Å². The predicted octanol–water partition coefficient (Wildman–Crippen LogP) is 1.78. The van der Waals surface area contributed by atoms with E-state index in [0.29, 0.717) is 12.0 Å². The number of aliphatic hydroxyl groups is 1. The molecule has 0 bridgehead atoms. The summed E-state index contributed by atoms with van der Waals surface area (Å²) in [6, 6.07) is 13.4. The van der Waals surface area contributed by atoms with E-state index < -0.39 is 12.1 Å². The van der Waals surface area contributed by atoms with Crippen LogP contribution in [-0.2, 0) is 6.42 Å². The molecular weight excluding hydrogens is 254 g/mol. The third-order valence-corrected chi connectivity index (χ3v) is 3.60. The number of carbonyl (C=O) groups is 1. The maximum absolute atomic E-state index is 12.2. The Morgan fingerprint density at radius 1 is 1.15 bits per heavy atom. The van der Waals surface area contributed by atoms with Gasteiger partial charge in [0.25, 0.3) is 5.91 Å². The summed E-state index contributed by atoms with van der Waals surface area (Å²) in [5.41, 5.74) is 2.39. The van der Waals surface area contributed by atoms with Crippen molar-refractivity contribution in [2.24, 2.45) is 0 Å². The third-order valence-electron chi connectivity index (χ3n) is 3.60. The average Bonchev–Trinajstić information content (AvgIpc) is 2.75. The van der Waals surface area contributed by atoms with Crippen molar-refractivity contribution < 1.29 is 15.0 Å². The van der Waals surface area contributed by atoms with Crippen molar-refractivity contribution in [3.63, 3.8) is 0 Å². The Balaban J connectivity index is 1.83. The molecule has 20 heavy (non-hydrogen) atoms. The van der Waals surface area contributed by atoms with E-state index in [9.17, 15) is 15.0 Å². The molecule has 3 rings (SSSR count). The van der Waals surface area contributed by atoms with Gasteiger partial charge in [0.2, 0.25) is 0 Å². The number of phenolic OH excluding ortho intramolecular Hbond substituents is 1. The Morgan fingerprint density at radius 2 is 1.95 bits per heavy atom. The van der Waals surface area contributed by atoms with E-state index in [1.165, 1.54) is 12.1 Å². The van der Waals surface area contributed by atoms with Crippen molar-refractivity contribution in [3.05, 3.63) is 65.2 Å². The molecule has 0 fully saturated rings. The van der Waals surface area contributed by atoms with Crippen LogP contribution in [0, 0.1) is 0 Å². The molecule has 0 saturated carbocycles. The highest BCUT2D eigenvalue weighted by Gasteiger charge is 2.31. The molecule has 1 aliphatic carbocycles. The lowest BCUT2D eigenvalue weighted by Crippen LogP contribution is -2.33. The normalized spacial score (nSPS) is 20.4. The second-order valence-electron chi connectivity index (χ2n) is 4.97. The number of carbonyl (C=O) groups excluding carboxylic acids is 1. The number of amides is 1. The number of aliphatic hydroxyl groups excluding tert-OH is 1. The van der Waals surface area contributed by atoms with Crippen LogP contribution in [0.5, 0.6) is 5.75 Å². The quantitative estimate of drug-likeness (QED) is 0.778. The van der Waals surface area contributed by atoms with E-state index in [1.807, 2.05) is 24.3 Å². The van der Waals surface area contributed by atoms with Gasteiger partial charge in [0.15, 0.2) is 0 Å². The van der Waals surface area contributed by atoms with Crippen LogP contribution in [0.1, 0.15) is 27.5 Å². The molecule has 2 unspecified atom stereocenters. The van der Waals surface area contributed by atoms with Gasteiger partial charge in [-0.2, -0.15) is 0 Å². The fourth-order valence-corrected chi connectivity index (χ4v) is 2.62. The molecule has 2 aromatic rings. The fourth-order valence-electron chi connectivity index (χ4n) is 2.62. The van der Waals surface area contributed by atoms with Crippen LogP contribution in [0.2, 0.25) is 0 Å². The third kappa shape index (κ3) is 2.26. The summed E-state index contributed by atoms with van der Waals surface area (Å²) in [7, 11) is 0. The summed E-state index contributed by atoms with van der Waals surface area (Å²) in [5.74, 6) is -0.258. The fraction of sp³-hybridized carbons (Fsp3) is 0.188. The largest absolute Gasteiger partial charge is 0.508 e. The molecule has 0 spiro atoms. The van der Waals surface area contributed by atoms with Gasteiger partial charge in [0.05, 0.1) is 12.1 Å². The molecule has 4 heteroatoms. The van der Waals surface area contributed by atoms with Gasteiger partial charge < -0.3 is 15.5 Å². The number of phenols is 1. The molecule has 3 N–H and O–H groups in total. The van der Waals surface area contributed by atoms with Crippen LogP contribution in [-0.4, -0.2) is 22.2 Å². The first-order chi connectivity index (χ1) is 9.65. The molecule has 102 valence electrons. The van der Waals surface area contributed by atoms with Crippen molar-refractivity contribution in [1.82, 2.24) is 5.32 Å². The van der Waals surface area contributed by atoms with Gasteiger partial charge in [-0.15, -0.1) is 0 Å². The minimum absolute atomic E-state index is 0.0463. The van der Waals surface area contributed by atoms with Crippen molar-refractivity contribution in [2.75, 3.05) is 0 Å². The van der Waals surface area contributed by atoms with Gasteiger partial charge in [-0.3, -0.25) is 4.79 Å². The number of rotatable bonds is 2. The standard InChI is InChI=1S/C16H15NO3/c18-12-6-3-5-11(8-12)16(20)17-15-13-7-2-1-4-10(13)9-14(15)19/h1-8,14-15,18-19H,9H2,(H,17,20). The van der Waals surface area contributed by atoms with Crippen molar-refractivity contribution in [2.45, 2.75) is 18.6 Å². The summed E-state index contributed by atoms with van der Waals surface area (Å²) >= 11 is 0. The smallest absolute Gasteiger partial charge is 0.251 e. The number of hydrogen-bond donors (Lipinski definition) is 3. The van der Waals surface area contributed by atoms with Crippen LogP contribution in [0.4, 0.5) is 0 Å². The molecule has 0 saturated heterocycles. The lowest BCUT2D eigenvalue weighted by atomic mass is 10.1. The van der Waals surface area contributed by atoms with Crippen molar-refractivity contribution in [1.29, 1.82) is 0 Å². The van der Waals surface area contributed by atoms with Crippen LogP contribution in [0.3, 0.4) is 0 Å². The van der Waals surface area contributed by atoms with E-state index >= 15 is 0 Å². The minimum Gasteiger partial charge on any atom is -0.508 e. The van der Waals surface area contributed by atoms with Gasteiger partial charge in [-0.1, -0.05) is 30.3 Å². The van der Waals surface area contributed by atoms with Crippen molar-refractivity contribution in [3.8, 4) is 5.75 Å². The average molecular weight is 269 g/mol. The van der Waals surface area contributed by atoms with E-state index in [0.717, 1.165) is 11.1 Å². The molecule has 4 nitrogen and oxygen atoms in total. The molecular formula is C16H15NO3. The first-order valence-corrected chi connectivity index (χ1v) is 6.51. The molecule has 0 aromatic heterocycles. The molecule has 0 heterocycles. The molecule has 1 amide bonds. The van der Waals surface area contributed by atoms with Gasteiger partial charge >= 0.3 is 0 Å². The van der Waals surface area contributed by atoms with Crippen LogP contribution in [0.25, 0.3) is 0 Å². The summed E-state index contributed by atoms with van der Waals surface area (Å²) < 4.78 is 0. The summed E-state index contributed by atoms with van der Waals surface area (Å²) in [5, 5.41) is 22.3. The SMILES string of the molecule is O=C(NC1c2ccccc2CC1O)c1cccc(O)c1. The minimum atomic E-state index is -0.617.